The highest BCUT2D eigenvalue weighted by Gasteiger charge is 2.50. The Morgan fingerprint density at radius 1 is 1.11 bits per heavy atom. The number of Topliss-reactive ketones (excluding diaryl/α,β-unsaturated/α-hetero) is 1. The number of para-hydroxylation sites is 1. The smallest absolute Gasteiger partial charge is 0.376 e. The fourth-order valence-electron chi connectivity index (χ4n) is 3.84. The molecule has 0 spiro atoms. The van der Waals surface area contributed by atoms with Gasteiger partial charge >= 0.3 is 5.97 Å². The predicted molar refractivity (Wildman–Crippen MR) is 104 cm³/mol. The molecule has 0 amide bonds. The van der Waals surface area contributed by atoms with E-state index >= 15 is 0 Å². The lowest BCUT2D eigenvalue weighted by Gasteiger charge is -2.27. The monoisotopic (exact) mass is 381 g/mol. The molecular formula is C22H23NO5. The molecule has 2 aliphatic rings. The minimum Gasteiger partial charge on any atom is -0.460 e. The van der Waals surface area contributed by atoms with Crippen LogP contribution in [0.4, 0.5) is 5.69 Å². The number of ether oxygens (including phenoxy) is 3. The molecule has 0 bridgehead atoms. The van der Waals surface area contributed by atoms with E-state index in [0.29, 0.717) is 17.1 Å². The van der Waals surface area contributed by atoms with E-state index in [1.165, 1.54) is 0 Å². The molecule has 28 heavy (non-hydrogen) atoms. The van der Waals surface area contributed by atoms with Crippen molar-refractivity contribution in [3.63, 3.8) is 0 Å². The highest BCUT2D eigenvalue weighted by atomic mass is 16.7. The zero-order chi connectivity index (χ0) is 19.6. The van der Waals surface area contributed by atoms with Crippen LogP contribution >= 0.6 is 0 Å². The SMILES string of the molecule is CCCCCOC(=O)C(=O)C1(c2ccc3c(c2)OCO3)CNc2ccccc21. The fourth-order valence-corrected chi connectivity index (χ4v) is 3.84. The van der Waals surface area contributed by atoms with Crippen LogP contribution in [-0.4, -0.2) is 31.7 Å². The number of fused-ring (bicyclic) bond motifs is 2. The Morgan fingerprint density at radius 3 is 2.79 bits per heavy atom. The van der Waals surface area contributed by atoms with Crippen molar-refractivity contribution in [2.75, 3.05) is 25.3 Å². The molecule has 2 aromatic carbocycles. The van der Waals surface area contributed by atoms with E-state index in [1.54, 1.807) is 12.1 Å². The van der Waals surface area contributed by atoms with Crippen LogP contribution in [0.3, 0.4) is 0 Å². The molecule has 1 N–H and O–H groups in total. The standard InChI is InChI=1S/C22H23NO5/c1-2-3-6-11-26-21(25)20(24)22(13-23-17-8-5-4-7-16(17)22)15-9-10-18-19(12-15)28-14-27-18/h4-5,7-10,12,23H,2-3,6,11,13-14H2,1H3. The molecule has 146 valence electrons. The van der Waals surface area contributed by atoms with E-state index in [4.69, 9.17) is 14.2 Å². The molecule has 0 fully saturated rings. The van der Waals surface area contributed by atoms with Crippen LogP contribution in [0.1, 0.15) is 37.3 Å². The van der Waals surface area contributed by atoms with E-state index in [-0.39, 0.29) is 19.9 Å². The van der Waals surface area contributed by atoms with Crippen LogP contribution in [-0.2, 0) is 19.7 Å². The lowest BCUT2D eigenvalue weighted by atomic mass is 9.72. The van der Waals surface area contributed by atoms with Gasteiger partial charge in [-0.15, -0.1) is 0 Å². The van der Waals surface area contributed by atoms with Crippen molar-refractivity contribution in [1.82, 2.24) is 0 Å². The zero-order valence-electron chi connectivity index (χ0n) is 15.8. The summed E-state index contributed by atoms with van der Waals surface area (Å²) >= 11 is 0. The number of rotatable bonds is 7. The Bertz CT molecular complexity index is 910. The molecule has 4 rings (SSSR count). The number of carbonyl (C=O) groups is 2. The van der Waals surface area contributed by atoms with E-state index in [0.717, 1.165) is 30.5 Å². The van der Waals surface area contributed by atoms with Crippen LogP contribution < -0.4 is 14.8 Å². The van der Waals surface area contributed by atoms with Crippen LogP contribution in [0, 0.1) is 0 Å². The molecule has 0 aliphatic carbocycles. The van der Waals surface area contributed by atoms with Crippen molar-refractivity contribution >= 4 is 17.4 Å². The van der Waals surface area contributed by atoms with Crippen LogP contribution in [0.2, 0.25) is 0 Å². The largest absolute Gasteiger partial charge is 0.460 e. The third kappa shape index (κ3) is 2.99. The van der Waals surface area contributed by atoms with Crippen molar-refractivity contribution in [2.24, 2.45) is 0 Å². The normalized spacial score (nSPS) is 19.0. The molecule has 0 saturated carbocycles. The number of carbonyl (C=O) groups excluding carboxylic acids is 2. The minimum absolute atomic E-state index is 0.147. The van der Waals surface area contributed by atoms with Gasteiger partial charge in [0.1, 0.15) is 5.41 Å². The van der Waals surface area contributed by atoms with Gasteiger partial charge in [-0.1, -0.05) is 44.0 Å². The van der Waals surface area contributed by atoms with Gasteiger partial charge in [0.05, 0.1) is 6.61 Å². The van der Waals surface area contributed by atoms with Gasteiger partial charge in [-0.25, -0.2) is 4.79 Å². The summed E-state index contributed by atoms with van der Waals surface area (Å²) in [5.74, 6) is -0.161. The van der Waals surface area contributed by atoms with Gasteiger partial charge in [-0.2, -0.15) is 0 Å². The van der Waals surface area contributed by atoms with Gasteiger partial charge in [0.15, 0.2) is 11.5 Å². The van der Waals surface area contributed by atoms with Gasteiger partial charge in [0, 0.05) is 12.2 Å². The number of esters is 1. The lowest BCUT2D eigenvalue weighted by molar-refractivity contribution is -0.155. The van der Waals surface area contributed by atoms with Crippen LogP contribution in [0.15, 0.2) is 42.5 Å². The van der Waals surface area contributed by atoms with Crippen molar-refractivity contribution in [3.8, 4) is 11.5 Å². The maximum atomic E-state index is 13.4. The molecule has 0 radical (unpaired) electrons. The summed E-state index contributed by atoms with van der Waals surface area (Å²) in [5.41, 5.74) is 1.14. The summed E-state index contributed by atoms with van der Waals surface area (Å²) in [6.07, 6.45) is 2.73. The Morgan fingerprint density at radius 2 is 1.93 bits per heavy atom. The zero-order valence-corrected chi connectivity index (χ0v) is 15.8. The van der Waals surface area contributed by atoms with E-state index in [1.807, 2.05) is 30.3 Å². The van der Waals surface area contributed by atoms with E-state index in [2.05, 4.69) is 12.2 Å². The molecule has 2 aliphatic heterocycles. The van der Waals surface area contributed by atoms with Crippen LogP contribution in [0.25, 0.3) is 0 Å². The van der Waals surface area contributed by atoms with Crippen molar-refractivity contribution in [1.29, 1.82) is 0 Å². The maximum absolute atomic E-state index is 13.4. The molecule has 0 aromatic heterocycles. The second kappa shape index (κ2) is 7.54. The maximum Gasteiger partial charge on any atom is 0.376 e. The van der Waals surface area contributed by atoms with Gasteiger partial charge in [0.2, 0.25) is 6.79 Å². The van der Waals surface area contributed by atoms with Gasteiger partial charge in [-0.3, -0.25) is 4.79 Å². The first-order chi connectivity index (χ1) is 13.7. The average molecular weight is 381 g/mol. The number of anilines is 1. The minimum atomic E-state index is -1.15. The highest BCUT2D eigenvalue weighted by molar-refractivity contribution is 6.39. The number of hydrogen-bond donors (Lipinski definition) is 1. The van der Waals surface area contributed by atoms with Crippen molar-refractivity contribution in [3.05, 3.63) is 53.6 Å². The number of ketones is 1. The Labute approximate surface area is 163 Å². The van der Waals surface area contributed by atoms with E-state index < -0.39 is 17.2 Å². The predicted octanol–water partition coefficient (Wildman–Crippen LogP) is 3.43. The quantitative estimate of drug-likeness (QED) is 0.450. The van der Waals surface area contributed by atoms with Gasteiger partial charge in [0.25, 0.3) is 5.78 Å². The first-order valence-electron chi connectivity index (χ1n) is 9.62. The summed E-state index contributed by atoms with van der Waals surface area (Å²) in [6.45, 7) is 2.76. The molecule has 0 saturated heterocycles. The van der Waals surface area contributed by atoms with E-state index in [9.17, 15) is 9.59 Å². The topological polar surface area (TPSA) is 73.9 Å². The molecule has 1 unspecified atom stereocenters. The Kier molecular flexibility index (Phi) is 4.94. The van der Waals surface area contributed by atoms with Crippen molar-refractivity contribution in [2.45, 2.75) is 31.6 Å². The lowest BCUT2D eigenvalue weighted by Crippen LogP contribution is -2.44. The summed E-state index contributed by atoms with van der Waals surface area (Å²) in [5, 5.41) is 3.27. The third-order valence-corrected chi connectivity index (χ3v) is 5.35. The summed E-state index contributed by atoms with van der Waals surface area (Å²) in [6, 6.07) is 12.9. The number of benzene rings is 2. The summed E-state index contributed by atoms with van der Waals surface area (Å²) < 4.78 is 16.2. The third-order valence-electron chi connectivity index (χ3n) is 5.35. The fraction of sp³-hybridized carbons (Fsp3) is 0.364. The molecule has 6 nitrogen and oxygen atoms in total. The second-order valence-corrected chi connectivity index (χ2v) is 7.04. The Hall–Kier alpha value is -3.02. The highest BCUT2D eigenvalue weighted by Crippen LogP contribution is 2.45. The molecular weight excluding hydrogens is 358 g/mol. The molecule has 2 heterocycles. The first-order valence-corrected chi connectivity index (χ1v) is 9.62. The van der Waals surface area contributed by atoms with Gasteiger partial charge < -0.3 is 19.5 Å². The summed E-state index contributed by atoms with van der Waals surface area (Å²) in [4.78, 5) is 26.1. The molecule has 1 atom stereocenters. The number of hydrogen-bond acceptors (Lipinski definition) is 6. The first kappa shape index (κ1) is 18.3. The average Bonchev–Trinajstić information content (AvgIpc) is 3.35. The number of unbranched alkanes of at least 4 members (excludes halogenated alkanes) is 2. The van der Waals surface area contributed by atoms with Crippen LogP contribution in [0.5, 0.6) is 11.5 Å². The molecule has 6 heteroatoms. The summed E-state index contributed by atoms with van der Waals surface area (Å²) in [7, 11) is 0. The van der Waals surface area contributed by atoms with Gasteiger partial charge in [-0.05, 0) is 35.7 Å². The van der Waals surface area contributed by atoms with Crippen molar-refractivity contribution < 1.29 is 23.8 Å². The Balaban J connectivity index is 1.72. The molecule has 2 aromatic rings. The number of nitrogens with one attached hydrogen (secondary N) is 1. The second-order valence-electron chi connectivity index (χ2n) is 7.04.